The van der Waals surface area contributed by atoms with Crippen LogP contribution in [0.25, 0.3) is 0 Å². The van der Waals surface area contributed by atoms with Gasteiger partial charge in [-0.25, -0.2) is 4.79 Å². The Morgan fingerprint density at radius 2 is 1.85 bits per heavy atom. The Balaban J connectivity index is 2.30. The minimum atomic E-state index is -0.929. The Kier molecular flexibility index (Phi) is 9.56. The summed E-state index contributed by atoms with van der Waals surface area (Å²) < 4.78 is 5.23. The molecule has 1 aromatic rings. The molecule has 184 valence electrons. The van der Waals surface area contributed by atoms with Gasteiger partial charge in [0.05, 0.1) is 0 Å². The van der Waals surface area contributed by atoms with E-state index in [1.54, 1.807) is 32.9 Å². The van der Waals surface area contributed by atoms with E-state index in [1.807, 2.05) is 13.8 Å². The van der Waals surface area contributed by atoms with Gasteiger partial charge in [0.15, 0.2) is 0 Å². The van der Waals surface area contributed by atoms with Crippen LogP contribution in [-0.4, -0.2) is 52.1 Å². The molecule has 0 spiro atoms. The second-order valence-electron chi connectivity index (χ2n) is 9.75. The van der Waals surface area contributed by atoms with Gasteiger partial charge in [-0.3, -0.25) is 9.59 Å². The third-order valence-electron chi connectivity index (χ3n) is 5.80. The fraction of sp³-hybridized carbons (Fsp3) is 0.640. The summed E-state index contributed by atoms with van der Waals surface area (Å²) in [6, 6.07) is 5.29. The first-order valence-electron chi connectivity index (χ1n) is 11.9. The predicted octanol–water partition coefficient (Wildman–Crippen LogP) is 4.03. The first-order chi connectivity index (χ1) is 15.5. The number of nitrogens with one attached hydrogen (secondary N) is 2. The van der Waals surface area contributed by atoms with Crippen molar-refractivity contribution in [3.8, 4) is 5.75 Å². The summed E-state index contributed by atoms with van der Waals surface area (Å²) in [5.41, 5.74) is -0.165. The summed E-state index contributed by atoms with van der Waals surface area (Å²) in [7, 11) is 0. The van der Waals surface area contributed by atoms with Crippen LogP contribution in [0.4, 0.5) is 4.79 Å². The molecule has 2 atom stereocenters. The summed E-state index contributed by atoms with van der Waals surface area (Å²) in [6.45, 7) is 8.74. The summed E-state index contributed by atoms with van der Waals surface area (Å²) >= 11 is 0. The molecule has 0 aromatic heterocycles. The fourth-order valence-electron chi connectivity index (χ4n) is 4.05. The number of alkyl carbamates (subject to hydrolysis) is 1. The molecule has 0 saturated heterocycles. The second kappa shape index (κ2) is 11.9. The molecule has 3 amide bonds. The van der Waals surface area contributed by atoms with E-state index in [1.165, 1.54) is 17.0 Å². The fourth-order valence-corrected chi connectivity index (χ4v) is 4.05. The number of aromatic hydroxyl groups is 1. The van der Waals surface area contributed by atoms with Gasteiger partial charge in [-0.2, -0.15) is 0 Å². The number of rotatable bonds is 8. The lowest BCUT2D eigenvalue weighted by molar-refractivity contribution is -0.143. The zero-order chi connectivity index (χ0) is 24.6. The number of phenols is 1. The number of phenolic OH excluding ortho intramolecular Hbond substituents is 1. The zero-order valence-corrected chi connectivity index (χ0v) is 20.5. The van der Waals surface area contributed by atoms with Crippen molar-refractivity contribution in [2.24, 2.45) is 0 Å². The van der Waals surface area contributed by atoms with Gasteiger partial charge in [0.1, 0.15) is 23.9 Å². The molecule has 2 rings (SSSR count). The number of ether oxygens (including phenoxy) is 1. The van der Waals surface area contributed by atoms with Crippen molar-refractivity contribution in [2.75, 3.05) is 6.54 Å². The number of amides is 3. The molecule has 1 aromatic carbocycles. The van der Waals surface area contributed by atoms with Gasteiger partial charge in [0.25, 0.3) is 0 Å². The van der Waals surface area contributed by atoms with Gasteiger partial charge in [-0.05, 0) is 64.7 Å². The van der Waals surface area contributed by atoms with Crippen LogP contribution >= 0.6 is 0 Å². The monoisotopic (exact) mass is 461 g/mol. The average molecular weight is 462 g/mol. The maximum Gasteiger partial charge on any atom is 0.408 e. The molecular weight excluding hydrogens is 422 g/mol. The van der Waals surface area contributed by atoms with Crippen molar-refractivity contribution in [3.05, 3.63) is 29.8 Å². The van der Waals surface area contributed by atoms with Gasteiger partial charge >= 0.3 is 6.09 Å². The Morgan fingerprint density at radius 3 is 2.42 bits per heavy atom. The van der Waals surface area contributed by atoms with Crippen LogP contribution in [0.2, 0.25) is 0 Å². The lowest BCUT2D eigenvalue weighted by Gasteiger charge is -2.37. The minimum absolute atomic E-state index is 0.0198. The van der Waals surface area contributed by atoms with E-state index < -0.39 is 23.6 Å². The van der Waals surface area contributed by atoms with E-state index in [-0.39, 0.29) is 30.3 Å². The number of hydrogen-bond acceptors (Lipinski definition) is 5. The molecule has 8 nitrogen and oxygen atoms in total. The number of carbonyl (C=O) groups is 3. The van der Waals surface area contributed by atoms with Crippen molar-refractivity contribution in [1.82, 2.24) is 15.5 Å². The summed E-state index contributed by atoms with van der Waals surface area (Å²) in [5.74, 6) is -0.660. The predicted molar refractivity (Wildman–Crippen MR) is 127 cm³/mol. The van der Waals surface area contributed by atoms with Crippen molar-refractivity contribution in [1.29, 1.82) is 0 Å². The maximum absolute atomic E-state index is 13.5. The molecule has 2 unspecified atom stereocenters. The Hall–Kier alpha value is -2.77. The average Bonchev–Trinajstić information content (AvgIpc) is 2.74. The smallest absolute Gasteiger partial charge is 0.408 e. The van der Waals surface area contributed by atoms with Gasteiger partial charge in [-0.1, -0.05) is 38.3 Å². The highest BCUT2D eigenvalue weighted by Crippen LogP contribution is 2.28. The molecule has 0 aliphatic heterocycles. The Labute approximate surface area is 197 Å². The zero-order valence-electron chi connectivity index (χ0n) is 20.5. The van der Waals surface area contributed by atoms with Crippen molar-refractivity contribution in [2.45, 2.75) is 96.9 Å². The SMILES string of the molecule is CCC(C)N(C(=O)CNC(=O)OC(C)(C)C)C(C(=O)NC1CCCCC1)c1cccc(O)c1. The van der Waals surface area contributed by atoms with Crippen LogP contribution < -0.4 is 10.6 Å². The highest BCUT2D eigenvalue weighted by molar-refractivity contribution is 5.90. The van der Waals surface area contributed by atoms with E-state index in [4.69, 9.17) is 4.74 Å². The molecule has 8 heteroatoms. The van der Waals surface area contributed by atoms with Crippen molar-refractivity contribution < 1.29 is 24.2 Å². The van der Waals surface area contributed by atoms with Crippen LogP contribution in [0.1, 0.15) is 84.7 Å². The number of carbonyl (C=O) groups excluding carboxylic acids is 3. The van der Waals surface area contributed by atoms with E-state index in [0.717, 1.165) is 32.1 Å². The molecule has 1 aliphatic carbocycles. The van der Waals surface area contributed by atoms with Crippen molar-refractivity contribution >= 4 is 17.9 Å². The van der Waals surface area contributed by atoms with E-state index in [2.05, 4.69) is 10.6 Å². The number of benzene rings is 1. The van der Waals surface area contributed by atoms with E-state index in [9.17, 15) is 19.5 Å². The Morgan fingerprint density at radius 1 is 1.18 bits per heavy atom. The summed E-state index contributed by atoms with van der Waals surface area (Å²) in [4.78, 5) is 40.4. The standard InChI is InChI=1S/C25H39N3O5/c1-6-17(2)28(21(30)16-26-24(32)33-25(3,4)5)22(18-11-10-14-20(29)15-18)23(31)27-19-12-8-7-9-13-19/h10-11,14-15,17,19,22,29H,6-9,12-13,16H2,1-5H3,(H,26,32)(H,27,31). The highest BCUT2D eigenvalue weighted by atomic mass is 16.6. The Bertz CT molecular complexity index is 815. The summed E-state index contributed by atoms with van der Waals surface area (Å²) in [5, 5.41) is 15.7. The first-order valence-corrected chi connectivity index (χ1v) is 11.9. The lowest BCUT2D eigenvalue weighted by atomic mass is 9.94. The summed E-state index contributed by atoms with van der Waals surface area (Å²) in [6.07, 6.45) is 5.04. The highest BCUT2D eigenvalue weighted by Gasteiger charge is 2.35. The van der Waals surface area contributed by atoms with Crippen LogP contribution in [0.5, 0.6) is 5.75 Å². The quantitative estimate of drug-likeness (QED) is 0.542. The normalized spacial score (nSPS) is 16.4. The van der Waals surface area contributed by atoms with E-state index in [0.29, 0.717) is 12.0 Å². The van der Waals surface area contributed by atoms with Crippen LogP contribution in [0.3, 0.4) is 0 Å². The second-order valence-corrected chi connectivity index (χ2v) is 9.75. The van der Waals surface area contributed by atoms with Gasteiger partial charge in [0.2, 0.25) is 11.8 Å². The van der Waals surface area contributed by atoms with Crippen LogP contribution in [0.15, 0.2) is 24.3 Å². The van der Waals surface area contributed by atoms with Crippen LogP contribution in [-0.2, 0) is 14.3 Å². The third kappa shape index (κ3) is 8.26. The van der Waals surface area contributed by atoms with Crippen molar-refractivity contribution in [3.63, 3.8) is 0 Å². The molecule has 0 bridgehead atoms. The molecule has 1 fully saturated rings. The maximum atomic E-state index is 13.5. The van der Waals surface area contributed by atoms with Crippen LogP contribution in [0, 0.1) is 0 Å². The molecule has 0 heterocycles. The number of nitrogens with zero attached hydrogens (tertiary/aromatic N) is 1. The molecule has 1 aliphatic rings. The molecule has 33 heavy (non-hydrogen) atoms. The number of hydrogen-bond donors (Lipinski definition) is 3. The van der Waals surface area contributed by atoms with Gasteiger partial charge < -0.3 is 25.4 Å². The first kappa shape index (κ1) is 26.5. The largest absolute Gasteiger partial charge is 0.508 e. The van der Waals surface area contributed by atoms with E-state index >= 15 is 0 Å². The molecule has 0 radical (unpaired) electrons. The molecule has 3 N–H and O–H groups in total. The molecule has 1 saturated carbocycles. The third-order valence-corrected chi connectivity index (χ3v) is 5.80. The molecular formula is C25H39N3O5. The minimum Gasteiger partial charge on any atom is -0.508 e. The lowest BCUT2D eigenvalue weighted by Crippen LogP contribution is -2.52. The topological polar surface area (TPSA) is 108 Å². The van der Waals surface area contributed by atoms with Gasteiger partial charge in [-0.15, -0.1) is 0 Å². The van der Waals surface area contributed by atoms with Gasteiger partial charge in [0, 0.05) is 12.1 Å².